The number of benzene rings is 1. The fourth-order valence-corrected chi connectivity index (χ4v) is 3.08. The van der Waals surface area contributed by atoms with Gasteiger partial charge in [-0.1, -0.05) is 12.2 Å². The van der Waals surface area contributed by atoms with Crippen molar-refractivity contribution in [2.75, 3.05) is 13.2 Å². The van der Waals surface area contributed by atoms with Gasteiger partial charge in [0, 0.05) is 5.38 Å². The van der Waals surface area contributed by atoms with Gasteiger partial charge in [0.05, 0.1) is 25.6 Å². The fraction of sp³-hybridized carbons (Fsp3) is 0.200. The number of hydrogen-bond donors (Lipinski definition) is 0. The Kier molecular flexibility index (Phi) is 5.86. The Labute approximate surface area is 156 Å². The standard InChI is InChI=1S/C20H21N3O2S/c1-4-24-17-9-7-16(8-10-17)13-22-23-18(19-6-5-11-25-19)14-26-20(23)21-12-15(2)3/h5-11,13-14H,2,4,12H2,1,3H3. The first-order valence-corrected chi connectivity index (χ1v) is 9.22. The number of hydrogen-bond acceptors (Lipinski definition) is 5. The van der Waals surface area contributed by atoms with Crippen LogP contribution in [0.4, 0.5) is 0 Å². The Balaban J connectivity index is 1.95. The van der Waals surface area contributed by atoms with Gasteiger partial charge in [-0.2, -0.15) is 5.10 Å². The van der Waals surface area contributed by atoms with Crippen molar-refractivity contribution >= 4 is 17.6 Å². The summed E-state index contributed by atoms with van der Waals surface area (Å²) in [5.41, 5.74) is 2.84. The molecular weight excluding hydrogens is 346 g/mol. The zero-order chi connectivity index (χ0) is 18.4. The number of nitrogens with zero attached hydrogens (tertiary/aromatic N) is 3. The number of rotatable bonds is 7. The van der Waals surface area contributed by atoms with E-state index >= 15 is 0 Å². The topological polar surface area (TPSA) is 52.0 Å². The van der Waals surface area contributed by atoms with Gasteiger partial charge >= 0.3 is 0 Å². The van der Waals surface area contributed by atoms with Crippen LogP contribution in [-0.2, 0) is 0 Å². The molecule has 0 unspecified atom stereocenters. The van der Waals surface area contributed by atoms with Crippen LogP contribution in [0.2, 0.25) is 0 Å². The third kappa shape index (κ3) is 4.40. The van der Waals surface area contributed by atoms with Gasteiger partial charge in [-0.25, -0.2) is 4.68 Å². The van der Waals surface area contributed by atoms with Crippen molar-refractivity contribution in [3.8, 4) is 17.2 Å². The van der Waals surface area contributed by atoms with Crippen molar-refractivity contribution in [1.82, 2.24) is 4.68 Å². The molecule has 0 saturated heterocycles. The molecule has 0 atom stereocenters. The molecule has 2 aromatic heterocycles. The Morgan fingerprint density at radius 3 is 2.77 bits per heavy atom. The summed E-state index contributed by atoms with van der Waals surface area (Å²) in [7, 11) is 0. The maximum Gasteiger partial charge on any atom is 0.206 e. The van der Waals surface area contributed by atoms with Crippen molar-refractivity contribution in [3.63, 3.8) is 0 Å². The lowest BCUT2D eigenvalue weighted by Gasteiger charge is -2.03. The van der Waals surface area contributed by atoms with Crippen LogP contribution in [0.3, 0.4) is 0 Å². The molecule has 3 rings (SSSR count). The average Bonchev–Trinajstić information content (AvgIpc) is 3.29. The molecule has 0 aliphatic heterocycles. The second-order valence-corrected chi connectivity index (χ2v) is 6.55. The van der Waals surface area contributed by atoms with Crippen molar-refractivity contribution in [2.24, 2.45) is 10.1 Å². The second-order valence-electron chi connectivity index (χ2n) is 5.71. The molecule has 134 valence electrons. The van der Waals surface area contributed by atoms with Gasteiger partial charge in [0.25, 0.3) is 0 Å². The predicted molar refractivity (Wildman–Crippen MR) is 106 cm³/mol. The summed E-state index contributed by atoms with van der Waals surface area (Å²) < 4.78 is 12.8. The number of ether oxygens (including phenoxy) is 1. The molecule has 3 aromatic rings. The minimum absolute atomic E-state index is 0.566. The van der Waals surface area contributed by atoms with E-state index in [0.717, 1.165) is 33.1 Å². The Bertz CT molecular complexity index is 948. The summed E-state index contributed by atoms with van der Waals surface area (Å²) in [4.78, 5) is 5.39. The van der Waals surface area contributed by atoms with E-state index in [1.165, 1.54) is 11.3 Å². The average molecular weight is 367 g/mol. The molecule has 1 aromatic carbocycles. The van der Waals surface area contributed by atoms with Crippen LogP contribution in [0.1, 0.15) is 19.4 Å². The summed E-state index contributed by atoms with van der Waals surface area (Å²) in [5.74, 6) is 1.60. The summed E-state index contributed by atoms with van der Waals surface area (Å²) in [5, 5.41) is 6.62. The molecular formula is C20H21N3O2S. The highest BCUT2D eigenvalue weighted by Crippen LogP contribution is 2.20. The Morgan fingerprint density at radius 2 is 2.12 bits per heavy atom. The zero-order valence-electron chi connectivity index (χ0n) is 14.9. The van der Waals surface area contributed by atoms with Crippen LogP contribution in [0.15, 0.2) is 74.7 Å². The molecule has 0 N–H and O–H groups in total. The number of thiazole rings is 1. The summed E-state index contributed by atoms with van der Waals surface area (Å²) in [6.07, 6.45) is 3.45. The van der Waals surface area contributed by atoms with Gasteiger partial charge in [0.2, 0.25) is 4.80 Å². The first-order chi connectivity index (χ1) is 12.7. The first-order valence-electron chi connectivity index (χ1n) is 8.34. The van der Waals surface area contributed by atoms with Gasteiger partial charge in [-0.15, -0.1) is 11.3 Å². The van der Waals surface area contributed by atoms with E-state index in [4.69, 9.17) is 9.15 Å². The lowest BCUT2D eigenvalue weighted by Crippen LogP contribution is -2.12. The summed E-state index contributed by atoms with van der Waals surface area (Å²) in [6.45, 7) is 9.05. The van der Waals surface area contributed by atoms with E-state index < -0.39 is 0 Å². The van der Waals surface area contributed by atoms with E-state index in [1.807, 2.05) is 55.6 Å². The predicted octanol–water partition coefficient (Wildman–Crippen LogP) is 4.57. The quantitative estimate of drug-likeness (QED) is 0.454. The molecule has 0 aliphatic carbocycles. The van der Waals surface area contributed by atoms with Crippen molar-refractivity contribution in [1.29, 1.82) is 0 Å². The maximum atomic E-state index is 5.53. The number of furan rings is 1. The highest BCUT2D eigenvalue weighted by Gasteiger charge is 2.09. The Hall–Kier alpha value is -2.86. The first kappa shape index (κ1) is 17.9. The lowest BCUT2D eigenvalue weighted by molar-refractivity contribution is 0.340. The largest absolute Gasteiger partial charge is 0.494 e. The molecule has 6 heteroatoms. The van der Waals surface area contributed by atoms with Gasteiger partial charge in [0.15, 0.2) is 5.76 Å². The van der Waals surface area contributed by atoms with Gasteiger partial charge in [-0.05, 0) is 55.8 Å². The van der Waals surface area contributed by atoms with E-state index in [1.54, 1.807) is 17.2 Å². The smallest absolute Gasteiger partial charge is 0.206 e. The molecule has 0 bridgehead atoms. The van der Waals surface area contributed by atoms with Crippen LogP contribution >= 0.6 is 11.3 Å². The summed E-state index contributed by atoms with van der Waals surface area (Å²) >= 11 is 1.52. The highest BCUT2D eigenvalue weighted by molar-refractivity contribution is 7.07. The van der Waals surface area contributed by atoms with Crippen LogP contribution in [-0.4, -0.2) is 24.0 Å². The molecule has 0 saturated carbocycles. The fourth-order valence-electron chi connectivity index (χ4n) is 2.26. The van der Waals surface area contributed by atoms with E-state index in [0.29, 0.717) is 13.2 Å². The third-order valence-electron chi connectivity index (χ3n) is 3.46. The van der Waals surface area contributed by atoms with Crippen LogP contribution in [0.5, 0.6) is 5.75 Å². The van der Waals surface area contributed by atoms with Crippen molar-refractivity contribution < 1.29 is 9.15 Å². The van der Waals surface area contributed by atoms with Crippen LogP contribution in [0, 0.1) is 0 Å². The van der Waals surface area contributed by atoms with Crippen LogP contribution < -0.4 is 9.54 Å². The Morgan fingerprint density at radius 1 is 1.31 bits per heavy atom. The van der Waals surface area contributed by atoms with Gasteiger partial charge in [-0.3, -0.25) is 4.99 Å². The molecule has 2 heterocycles. The SMILES string of the molecule is C=C(C)CN=c1scc(-c2ccco2)n1N=Cc1ccc(OCC)cc1. The van der Waals surface area contributed by atoms with E-state index in [-0.39, 0.29) is 0 Å². The minimum atomic E-state index is 0.566. The minimum Gasteiger partial charge on any atom is -0.494 e. The maximum absolute atomic E-state index is 5.53. The van der Waals surface area contributed by atoms with Gasteiger partial charge < -0.3 is 9.15 Å². The van der Waals surface area contributed by atoms with Crippen molar-refractivity contribution in [2.45, 2.75) is 13.8 Å². The van der Waals surface area contributed by atoms with Crippen molar-refractivity contribution in [3.05, 3.63) is 70.6 Å². The van der Waals surface area contributed by atoms with Crippen LogP contribution in [0.25, 0.3) is 11.5 Å². The van der Waals surface area contributed by atoms with E-state index in [2.05, 4.69) is 16.7 Å². The number of aromatic nitrogens is 1. The lowest BCUT2D eigenvalue weighted by atomic mass is 10.2. The molecule has 5 nitrogen and oxygen atoms in total. The van der Waals surface area contributed by atoms with Gasteiger partial charge in [0.1, 0.15) is 11.4 Å². The molecule has 0 aliphatic rings. The normalized spacial score (nSPS) is 12.0. The molecule has 26 heavy (non-hydrogen) atoms. The summed E-state index contributed by atoms with van der Waals surface area (Å²) in [6, 6.07) is 11.6. The van der Waals surface area contributed by atoms with E-state index in [9.17, 15) is 0 Å². The molecule has 0 amide bonds. The highest BCUT2D eigenvalue weighted by atomic mass is 32.1. The molecule has 0 fully saturated rings. The molecule has 0 radical (unpaired) electrons. The third-order valence-corrected chi connectivity index (χ3v) is 4.31. The zero-order valence-corrected chi connectivity index (χ0v) is 15.7. The monoisotopic (exact) mass is 367 g/mol. The molecule has 0 spiro atoms. The second kappa shape index (κ2) is 8.49.